The van der Waals surface area contributed by atoms with Crippen LogP contribution in [0.25, 0.3) is 0 Å². The molecule has 0 aromatic carbocycles. The molecule has 0 radical (unpaired) electrons. The predicted molar refractivity (Wildman–Crippen MR) is 178 cm³/mol. The summed E-state index contributed by atoms with van der Waals surface area (Å²) in [5.74, 6) is -0.997. The SMILES string of the molecule is CCCCCC/C=C\CCCCCCCC(=O)C(O)C(O)C(O)C(=O)CCCCCCC/C=C\CCCCCCCC. The van der Waals surface area contributed by atoms with Crippen LogP contribution in [0.15, 0.2) is 24.3 Å². The number of carbonyl (C=O) groups is 2. The van der Waals surface area contributed by atoms with E-state index in [1.54, 1.807) is 0 Å². The van der Waals surface area contributed by atoms with E-state index in [4.69, 9.17) is 0 Å². The first kappa shape index (κ1) is 40.7. The van der Waals surface area contributed by atoms with Gasteiger partial charge in [0.15, 0.2) is 11.6 Å². The Hall–Kier alpha value is -1.30. The van der Waals surface area contributed by atoms with Gasteiger partial charge in [0.05, 0.1) is 0 Å². The number of allylic oxidation sites excluding steroid dienone is 4. The van der Waals surface area contributed by atoms with Gasteiger partial charge in [-0.2, -0.15) is 0 Å². The fraction of sp³-hybridized carbons (Fsp3) is 0.838. The number of aliphatic hydroxyl groups excluding tert-OH is 3. The van der Waals surface area contributed by atoms with Crippen LogP contribution in [0, 0.1) is 0 Å². The fourth-order valence-electron chi connectivity index (χ4n) is 5.24. The summed E-state index contributed by atoms with van der Waals surface area (Å²) in [6.45, 7) is 4.47. The topological polar surface area (TPSA) is 94.8 Å². The van der Waals surface area contributed by atoms with Gasteiger partial charge in [-0.1, -0.05) is 128 Å². The van der Waals surface area contributed by atoms with Crippen molar-refractivity contribution in [2.24, 2.45) is 0 Å². The Labute approximate surface area is 259 Å². The molecule has 3 atom stereocenters. The zero-order chi connectivity index (χ0) is 31.1. The van der Waals surface area contributed by atoms with E-state index in [0.29, 0.717) is 12.8 Å². The minimum absolute atomic E-state index is 0.158. The molecule has 0 amide bonds. The van der Waals surface area contributed by atoms with Crippen LogP contribution in [0.1, 0.15) is 181 Å². The second kappa shape index (κ2) is 31.1. The predicted octanol–water partition coefficient (Wildman–Crippen LogP) is 9.50. The number of carbonyl (C=O) groups excluding carboxylic acids is 2. The van der Waals surface area contributed by atoms with E-state index in [1.165, 1.54) is 77.0 Å². The normalized spacial score (nSPS) is 14.1. The number of rotatable bonds is 32. The molecule has 0 rings (SSSR count). The van der Waals surface area contributed by atoms with Gasteiger partial charge in [0.2, 0.25) is 0 Å². The lowest BCUT2D eigenvalue weighted by atomic mass is 9.95. The molecular weight excluding hydrogens is 524 g/mol. The van der Waals surface area contributed by atoms with E-state index < -0.39 is 29.9 Å². The lowest BCUT2D eigenvalue weighted by Crippen LogP contribution is -2.45. The highest BCUT2D eigenvalue weighted by Gasteiger charge is 2.33. The summed E-state index contributed by atoms with van der Waals surface area (Å²) in [7, 11) is 0. The Morgan fingerprint density at radius 1 is 0.429 bits per heavy atom. The van der Waals surface area contributed by atoms with Gasteiger partial charge in [-0.25, -0.2) is 0 Å². The third kappa shape index (κ3) is 25.2. The molecule has 0 aromatic rings. The van der Waals surface area contributed by atoms with Crippen molar-refractivity contribution in [3.8, 4) is 0 Å². The van der Waals surface area contributed by atoms with E-state index in [0.717, 1.165) is 64.2 Å². The minimum atomic E-state index is -1.75. The molecule has 0 aromatic heterocycles. The van der Waals surface area contributed by atoms with Crippen molar-refractivity contribution in [2.75, 3.05) is 0 Å². The van der Waals surface area contributed by atoms with Crippen molar-refractivity contribution in [2.45, 2.75) is 199 Å². The summed E-state index contributed by atoms with van der Waals surface area (Å²) in [4.78, 5) is 24.6. The van der Waals surface area contributed by atoms with Crippen LogP contribution in [0.5, 0.6) is 0 Å². The van der Waals surface area contributed by atoms with Crippen LogP contribution in [0.3, 0.4) is 0 Å². The second-order valence-corrected chi connectivity index (χ2v) is 12.3. The number of hydrogen-bond donors (Lipinski definition) is 3. The largest absolute Gasteiger partial charge is 0.387 e. The highest BCUT2D eigenvalue weighted by atomic mass is 16.4. The molecule has 3 N–H and O–H groups in total. The number of hydrogen-bond acceptors (Lipinski definition) is 5. The number of Topliss-reactive ketones (excluding diaryl/α,β-unsaturated/α-hetero) is 2. The van der Waals surface area contributed by atoms with Crippen LogP contribution in [0.4, 0.5) is 0 Å². The first-order valence-electron chi connectivity index (χ1n) is 17.8. The molecular formula is C37H68O5. The van der Waals surface area contributed by atoms with Crippen molar-refractivity contribution in [1.29, 1.82) is 0 Å². The molecule has 0 aliphatic carbocycles. The van der Waals surface area contributed by atoms with Gasteiger partial charge in [0.1, 0.15) is 18.3 Å². The number of ketones is 2. The van der Waals surface area contributed by atoms with E-state index in [9.17, 15) is 24.9 Å². The Kier molecular flexibility index (Phi) is 30.2. The highest BCUT2D eigenvalue weighted by Crippen LogP contribution is 2.14. The number of aliphatic hydroxyl groups is 3. The molecule has 0 fully saturated rings. The molecule has 0 spiro atoms. The quantitative estimate of drug-likeness (QED) is 0.0534. The Bertz CT molecular complexity index is 671. The van der Waals surface area contributed by atoms with E-state index in [1.807, 2.05) is 0 Å². The maximum atomic E-state index is 12.3. The standard InChI is InChI=1S/C37H68O5/c1-3-5-7-9-11-13-15-17-18-20-22-24-26-28-30-32-34(39)36(41)37(42)35(40)33(38)31-29-27-25-23-21-19-16-14-12-10-8-6-4-2/h14,16-18,35-37,40-42H,3-13,15,19-32H2,1-2H3/b16-14-,18-17-. The maximum Gasteiger partial charge on any atom is 0.164 e. The monoisotopic (exact) mass is 593 g/mol. The summed E-state index contributed by atoms with van der Waals surface area (Å²) < 4.78 is 0. The summed E-state index contributed by atoms with van der Waals surface area (Å²) >= 11 is 0. The second-order valence-electron chi connectivity index (χ2n) is 12.3. The minimum Gasteiger partial charge on any atom is -0.387 e. The van der Waals surface area contributed by atoms with E-state index >= 15 is 0 Å². The molecule has 5 nitrogen and oxygen atoms in total. The third-order valence-corrected chi connectivity index (χ3v) is 8.18. The van der Waals surface area contributed by atoms with Gasteiger partial charge in [0.25, 0.3) is 0 Å². The molecule has 42 heavy (non-hydrogen) atoms. The van der Waals surface area contributed by atoms with Crippen molar-refractivity contribution in [3.63, 3.8) is 0 Å². The smallest absolute Gasteiger partial charge is 0.164 e. The van der Waals surface area contributed by atoms with Crippen molar-refractivity contribution < 1.29 is 24.9 Å². The van der Waals surface area contributed by atoms with Crippen molar-refractivity contribution >= 4 is 11.6 Å². The Morgan fingerprint density at radius 2 is 0.690 bits per heavy atom. The first-order chi connectivity index (χ1) is 20.5. The molecule has 246 valence electrons. The van der Waals surface area contributed by atoms with Gasteiger partial charge < -0.3 is 15.3 Å². The van der Waals surface area contributed by atoms with Crippen LogP contribution < -0.4 is 0 Å². The summed E-state index contributed by atoms with van der Waals surface area (Å²) in [6, 6.07) is 0. The third-order valence-electron chi connectivity index (χ3n) is 8.18. The Balaban J connectivity index is 3.77. The molecule has 5 heteroatoms. The van der Waals surface area contributed by atoms with Crippen LogP contribution in [-0.4, -0.2) is 45.2 Å². The van der Waals surface area contributed by atoms with Crippen LogP contribution >= 0.6 is 0 Å². The molecule has 0 saturated carbocycles. The zero-order valence-corrected chi connectivity index (χ0v) is 27.6. The Morgan fingerprint density at radius 3 is 1.02 bits per heavy atom. The first-order valence-corrected chi connectivity index (χ1v) is 17.8. The summed E-state index contributed by atoms with van der Waals surface area (Å²) in [5.41, 5.74) is 0. The van der Waals surface area contributed by atoms with E-state index in [-0.39, 0.29) is 12.8 Å². The number of unbranched alkanes of at least 4 members (excludes halogenated alkanes) is 20. The zero-order valence-electron chi connectivity index (χ0n) is 27.6. The lowest BCUT2D eigenvalue weighted by Gasteiger charge is -2.21. The molecule has 3 unspecified atom stereocenters. The van der Waals surface area contributed by atoms with Crippen molar-refractivity contribution in [3.05, 3.63) is 24.3 Å². The van der Waals surface area contributed by atoms with Gasteiger partial charge in [-0.05, 0) is 64.2 Å². The summed E-state index contributed by atoms with van der Waals surface area (Å²) in [5, 5.41) is 30.6. The lowest BCUT2D eigenvalue weighted by molar-refractivity contribution is -0.146. The average Bonchev–Trinajstić information content (AvgIpc) is 2.99. The van der Waals surface area contributed by atoms with Gasteiger partial charge in [-0.15, -0.1) is 0 Å². The van der Waals surface area contributed by atoms with Gasteiger partial charge in [-0.3, -0.25) is 9.59 Å². The van der Waals surface area contributed by atoms with E-state index in [2.05, 4.69) is 38.2 Å². The average molecular weight is 593 g/mol. The summed E-state index contributed by atoms with van der Waals surface area (Å²) in [6.07, 6.45) is 31.7. The fourth-order valence-corrected chi connectivity index (χ4v) is 5.24. The molecule has 0 saturated heterocycles. The highest BCUT2D eigenvalue weighted by molar-refractivity contribution is 5.87. The van der Waals surface area contributed by atoms with Crippen LogP contribution in [-0.2, 0) is 9.59 Å². The van der Waals surface area contributed by atoms with Crippen molar-refractivity contribution in [1.82, 2.24) is 0 Å². The molecule has 0 heterocycles. The van der Waals surface area contributed by atoms with Gasteiger partial charge >= 0.3 is 0 Å². The molecule has 0 bridgehead atoms. The molecule has 0 aliphatic rings. The van der Waals surface area contributed by atoms with Crippen LogP contribution in [0.2, 0.25) is 0 Å². The maximum absolute atomic E-state index is 12.3. The van der Waals surface area contributed by atoms with Gasteiger partial charge in [0, 0.05) is 12.8 Å². The molecule has 0 aliphatic heterocycles.